The molecule has 0 bridgehead atoms. The van der Waals surface area contributed by atoms with Crippen molar-refractivity contribution in [2.45, 2.75) is 31.7 Å². The highest BCUT2D eigenvalue weighted by Crippen LogP contribution is 2.30. The Labute approximate surface area is 50.5 Å². The third-order valence-corrected chi connectivity index (χ3v) is 2.41. The van der Waals surface area contributed by atoms with Crippen LogP contribution in [-0.4, -0.2) is 12.6 Å². The van der Waals surface area contributed by atoms with Gasteiger partial charge >= 0.3 is 0 Å². The maximum absolute atomic E-state index is 3.38. The summed E-state index contributed by atoms with van der Waals surface area (Å²) in [6, 6.07) is 0.942. The van der Waals surface area contributed by atoms with Gasteiger partial charge in [-0.15, -0.1) is 0 Å². The van der Waals surface area contributed by atoms with Crippen molar-refractivity contribution in [3.63, 3.8) is 0 Å². The van der Waals surface area contributed by atoms with Gasteiger partial charge in [-0.05, 0) is 18.8 Å². The first kappa shape index (κ1) is 4.80. The molecule has 0 amide bonds. The Morgan fingerprint density at radius 1 is 1.12 bits per heavy atom. The van der Waals surface area contributed by atoms with Crippen LogP contribution in [0.2, 0.25) is 0 Å². The molecular weight excluding hydrogens is 98.1 g/mol. The van der Waals surface area contributed by atoms with Crippen LogP contribution in [0.25, 0.3) is 0 Å². The molecule has 1 nitrogen and oxygen atoms in total. The first-order chi connectivity index (χ1) is 3.97. The Bertz CT molecular complexity index is 80.4. The highest BCUT2D eigenvalue weighted by molar-refractivity contribution is 4.91. The van der Waals surface area contributed by atoms with E-state index in [0.29, 0.717) is 0 Å². The van der Waals surface area contributed by atoms with Crippen LogP contribution in [0.1, 0.15) is 25.7 Å². The van der Waals surface area contributed by atoms with Gasteiger partial charge in [0.2, 0.25) is 0 Å². The van der Waals surface area contributed by atoms with Crippen molar-refractivity contribution in [1.82, 2.24) is 5.32 Å². The molecule has 0 aromatic carbocycles. The Morgan fingerprint density at radius 3 is 2.25 bits per heavy atom. The molecule has 0 spiro atoms. The summed E-state index contributed by atoms with van der Waals surface area (Å²) in [4.78, 5) is 0. The zero-order chi connectivity index (χ0) is 5.40. The van der Waals surface area contributed by atoms with Gasteiger partial charge in [0.15, 0.2) is 0 Å². The molecule has 0 aromatic rings. The topological polar surface area (TPSA) is 21.9 Å². The smallest absolute Gasteiger partial charge is 0.0221 e. The minimum absolute atomic E-state index is 0.942. The lowest BCUT2D eigenvalue weighted by atomic mass is 10.1. The lowest BCUT2D eigenvalue weighted by Gasteiger charge is -2.01. The molecule has 1 heterocycles. The summed E-state index contributed by atoms with van der Waals surface area (Å²) in [6.45, 7) is 1.31. The molecule has 1 saturated heterocycles. The average molecular weight is 111 g/mol. The van der Waals surface area contributed by atoms with Crippen LogP contribution in [0.5, 0.6) is 0 Å². The summed E-state index contributed by atoms with van der Waals surface area (Å²) < 4.78 is 0. The predicted molar refractivity (Wildman–Crippen MR) is 33.7 cm³/mol. The Morgan fingerprint density at radius 2 is 1.75 bits per heavy atom. The molecule has 1 atom stereocenters. The predicted octanol–water partition coefficient (Wildman–Crippen LogP) is 1.15. The molecule has 2 aliphatic rings. The van der Waals surface area contributed by atoms with E-state index in [9.17, 15) is 0 Å². The van der Waals surface area contributed by atoms with Crippen molar-refractivity contribution < 1.29 is 0 Å². The zero-order valence-corrected chi connectivity index (χ0v) is 5.19. The number of rotatable bonds is 1. The minimum atomic E-state index is 0.942. The van der Waals surface area contributed by atoms with E-state index in [2.05, 4.69) is 5.32 Å². The first-order valence-electron chi connectivity index (χ1n) is 3.70. The largest absolute Gasteiger partial charge is 0.311 e. The van der Waals surface area contributed by atoms with Crippen molar-refractivity contribution in [3.8, 4) is 0 Å². The number of hydrogen-bond donors (Lipinski definition) is 1. The molecule has 0 aromatic heterocycles. The Hall–Kier alpha value is -0.0400. The Kier molecular flexibility index (Phi) is 1.04. The van der Waals surface area contributed by atoms with Crippen molar-refractivity contribution in [2.24, 2.45) is 5.92 Å². The Balaban J connectivity index is 1.86. The van der Waals surface area contributed by atoms with Crippen molar-refractivity contribution in [1.29, 1.82) is 0 Å². The van der Waals surface area contributed by atoms with Crippen LogP contribution in [0.15, 0.2) is 0 Å². The van der Waals surface area contributed by atoms with Crippen LogP contribution in [0.3, 0.4) is 0 Å². The maximum Gasteiger partial charge on any atom is 0.0221 e. The van der Waals surface area contributed by atoms with Gasteiger partial charge in [-0.2, -0.15) is 0 Å². The summed E-state index contributed by atoms with van der Waals surface area (Å²) in [5.74, 6) is 1.06. The molecule has 1 N–H and O–H groups in total. The molecular formula is C7H13N. The number of hydrogen-bond acceptors (Lipinski definition) is 1. The van der Waals surface area contributed by atoms with E-state index >= 15 is 0 Å². The van der Waals surface area contributed by atoms with Crippen molar-refractivity contribution >= 4 is 0 Å². The van der Waals surface area contributed by atoms with E-state index in [0.717, 1.165) is 12.0 Å². The van der Waals surface area contributed by atoms with Gasteiger partial charge in [-0.3, -0.25) is 0 Å². The molecule has 1 aliphatic carbocycles. The van der Waals surface area contributed by atoms with Gasteiger partial charge in [0.1, 0.15) is 0 Å². The summed E-state index contributed by atoms with van der Waals surface area (Å²) in [5, 5.41) is 3.38. The van der Waals surface area contributed by atoms with Crippen LogP contribution >= 0.6 is 0 Å². The quantitative estimate of drug-likeness (QED) is 0.504. The standard InChI is InChI=1S/C7H13N/c1-2-4-6(3-1)7-5-8-7/h6-8H,1-5H2/t7-/m1/s1. The molecule has 2 fully saturated rings. The third-order valence-electron chi connectivity index (χ3n) is 2.41. The second-order valence-electron chi connectivity index (χ2n) is 3.06. The molecule has 1 saturated carbocycles. The van der Waals surface area contributed by atoms with Crippen molar-refractivity contribution in [2.75, 3.05) is 6.54 Å². The van der Waals surface area contributed by atoms with Crippen LogP contribution < -0.4 is 5.32 Å². The SMILES string of the molecule is C1CCC([C@H]2CN2)C1. The van der Waals surface area contributed by atoms with Gasteiger partial charge in [-0.1, -0.05) is 12.8 Å². The van der Waals surface area contributed by atoms with E-state index in [1.54, 1.807) is 0 Å². The van der Waals surface area contributed by atoms with E-state index < -0.39 is 0 Å². The molecule has 1 aliphatic heterocycles. The van der Waals surface area contributed by atoms with E-state index in [1.165, 1.54) is 32.2 Å². The summed E-state index contributed by atoms with van der Waals surface area (Å²) >= 11 is 0. The first-order valence-corrected chi connectivity index (χ1v) is 3.70. The van der Waals surface area contributed by atoms with E-state index in [4.69, 9.17) is 0 Å². The van der Waals surface area contributed by atoms with Gasteiger partial charge in [0, 0.05) is 12.6 Å². The fraction of sp³-hybridized carbons (Fsp3) is 1.00. The van der Waals surface area contributed by atoms with Crippen LogP contribution in [0, 0.1) is 5.92 Å². The zero-order valence-electron chi connectivity index (χ0n) is 5.19. The minimum Gasteiger partial charge on any atom is -0.311 e. The van der Waals surface area contributed by atoms with Gasteiger partial charge in [-0.25, -0.2) is 0 Å². The lowest BCUT2D eigenvalue weighted by Crippen LogP contribution is -2.04. The molecule has 8 heavy (non-hydrogen) atoms. The maximum atomic E-state index is 3.38. The van der Waals surface area contributed by atoms with Gasteiger partial charge < -0.3 is 5.32 Å². The molecule has 46 valence electrons. The molecule has 1 heteroatoms. The monoisotopic (exact) mass is 111 g/mol. The lowest BCUT2D eigenvalue weighted by molar-refractivity contribution is 0.536. The molecule has 0 unspecified atom stereocenters. The van der Waals surface area contributed by atoms with E-state index in [1.807, 2.05) is 0 Å². The highest BCUT2D eigenvalue weighted by atomic mass is 15.1. The van der Waals surface area contributed by atoms with Crippen LogP contribution in [-0.2, 0) is 0 Å². The summed E-state index contributed by atoms with van der Waals surface area (Å²) in [5.41, 5.74) is 0. The summed E-state index contributed by atoms with van der Waals surface area (Å²) in [7, 11) is 0. The second kappa shape index (κ2) is 1.73. The normalized spacial score (nSPS) is 38.2. The molecule has 2 rings (SSSR count). The van der Waals surface area contributed by atoms with Crippen LogP contribution in [0.4, 0.5) is 0 Å². The number of nitrogens with one attached hydrogen (secondary N) is 1. The highest BCUT2D eigenvalue weighted by Gasteiger charge is 2.31. The van der Waals surface area contributed by atoms with Gasteiger partial charge in [0.05, 0.1) is 0 Å². The fourth-order valence-electron chi connectivity index (χ4n) is 1.76. The fourth-order valence-corrected chi connectivity index (χ4v) is 1.76. The molecule has 0 radical (unpaired) electrons. The second-order valence-corrected chi connectivity index (χ2v) is 3.06. The summed E-state index contributed by atoms with van der Waals surface area (Å²) in [6.07, 6.45) is 5.97. The third kappa shape index (κ3) is 0.752. The van der Waals surface area contributed by atoms with Gasteiger partial charge in [0.25, 0.3) is 0 Å². The average Bonchev–Trinajstić information content (AvgIpc) is 2.49. The van der Waals surface area contributed by atoms with Crippen molar-refractivity contribution in [3.05, 3.63) is 0 Å². The van der Waals surface area contributed by atoms with E-state index in [-0.39, 0.29) is 0 Å².